The largest absolute Gasteiger partial charge is 0.381 e. The maximum absolute atomic E-state index is 13.3. The average Bonchev–Trinajstić information content (AvgIpc) is 3.07. The molecule has 0 aliphatic carbocycles. The zero-order valence-electron chi connectivity index (χ0n) is 15.4. The van der Waals surface area contributed by atoms with Gasteiger partial charge in [0.25, 0.3) is 5.91 Å². The predicted octanol–water partition coefficient (Wildman–Crippen LogP) is 2.07. The Kier molecular flexibility index (Phi) is 5.39. The molecule has 3 saturated heterocycles. The van der Waals surface area contributed by atoms with E-state index in [2.05, 4.69) is 0 Å². The molecule has 1 atom stereocenters. The molecule has 0 bridgehead atoms. The van der Waals surface area contributed by atoms with Crippen LogP contribution >= 0.6 is 11.6 Å². The highest BCUT2D eigenvalue weighted by molar-refractivity contribution is 6.30. The molecule has 7 heteroatoms. The van der Waals surface area contributed by atoms with Crippen LogP contribution in [0.3, 0.4) is 0 Å². The number of nitrogens with zero attached hydrogens (tertiary/aromatic N) is 2. The Morgan fingerprint density at radius 2 is 1.59 bits per heavy atom. The van der Waals surface area contributed by atoms with E-state index in [0.29, 0.717) is 63.2 Å². The molecule has 3 heterocycles. The van der Waals surface area contributed by atoms with Gasteiger partial charge in [0.15, 0.2) is 0 Å². The molecule has 4 rings (SSSR count). The number of rotatable bonds is 2. The summed E-state index contributed by atoms with van der Waals surface area (Å²) in [4.78, 5) is 30.1. The van der Waals surface area contributed by atoms with Crippen molar-refractivity contribution in [2.75, 3.05) is 52.6 Å². The fourth-order valence-electron chi connectivity index (χ4n) is 4.53. The Labute approximate surface area is 164 Å². The molecule has 0 aromatic heterocycles. The fraction of sp³-hybridized carbons (Fsp3) is 0.600. The molecular formula is C20H25ClN2O4. The number of amides is 2. The minimum atomic E-state index is -0.185. The molecule has 1 aromatic rings. The number of benzene rings is 1. The molecule has 0 unspecified atom stereocenters. The molecule has 0 radical (unpaired) electrons. The molecule has 2 amide bonds. The summed E-state index contributed by atoms with van der Waals surface area (Å²) in [6.07, 6.45) is 1.64. The van der Waals surface area contributed by atoms with Gasteiger partial charge < -0.3 is 19.3 Å². The lowest BCUT2D eigenvalue weighted by Crippen LogP contribution is -2.49. The highest BCUT2D eigenvalue weighted by Crippen LogP contribution is 2.45. The Balaban J connectivity index is 1.56. The van der Waals surface area contributed by atoms with Crippen LogP contribution in [0.5, 0.6) is 0 Å². The van der Waals surface area contributed by atoms with Crippen molar-refractivity contribution >= 4 is 23.4 Å². The number of halogens is 1. The van der Waals surface area contributed by atoms with Crippen molar-refractivity contribution in [3.63, 3.8) is 0 Å². The minimum Gasteiger partial charge on any atom is -0.381 e. The van der Waals surface area contributed by atoms with Crippen LogP contribution in [-0.4, -0.2) is 74.2 Å². The SMILES string of the molecule is O=C(c1ccc(Cl)cc1)N1C[C@@H](C(=O)N2CCOCC2)C2(CCOCC2)C1. The van der Waals surface area contributed by atoms with Gasteiger partial charge in [-0.15, -0.1) is 0 Å². The van der Waals surface area contributed by atoms with Crippen LogP contribution in [0.25, 0.3) is 0 Å². The van der Waals surface area contributed by atoms with Gasteiger partial charge in [0.2, 0.25) is 5.91 Å². The summed E-state index contributed by atoms with van der Waals surface area (Å²) >= 11 is 5.94. The van der Waals surface area contributed by atoms with Gasteiger partial charge in [0, 0.05) is 55.4 Å². The van der Waals surface area contributed by atoms with Crippen LogP contribution in [0.1, 0.15) is 23.2 Å². The van der Waals surface area contributed by atoms with Gasteiger partial charge in [-0.25, -0.2) is 0 Å². The summed E-state index contributed by atoms with van der Waals surface area (Å²) < 4.78 is 10.9. The third-order valence-electron chi connectivity index (χ3n) is 6.14. The average molecular weight is 393 g/mol. The third-order valence-corrected chi connectivity index (χ3v) is 6.39. The van der Waals surface area contributed by atoms with Crippen molar-refractivity contribution in [2.24, 2.45) is 11.3 Å². The third kappa shape index (κ3) is 3.71. The Bertz CT molecular complexity index is 696. The lowest BCUT2D eigenvalue weighted by Gasteiger charge is -2.39. The lowest BCUT2D eigenvalue weighted by atomic mass is 9.71. The second kappa shape index (κ2) is 7.78. The molecule has 3 aliphatic rings. The predicted molar refractivity (Wildman–Crippen MR) is 101 cm³/mol. The number of morpholine rings is 1. The number of carbonyl (C=O) groups is 2. The smallest absolute Gasteiger partial charge is 0.253 e. The first-order chi connectivity index (χ1) is 13.1. The van der Waals surface area contributed by atoms with Gasteiger partial charge in [0.1, 0.15) is 0 Å². The molecule has 0 N–H and O–H groups in total. The molecule has 146 valence electrons. The molecule has 6 nitrogen and oxygen atoms in total. The van der Waals surface area contributed by atoms with E-state index in [1.54, 1.807) is 24.3 Å². The van der Waals surface area contributed by atoms with E-state index in [1.807, 2.05) is 9.80 Å². The molecule has 3 fully saturated rings. The maximum atomic E-state index is 13.3. The van der Waals surface area contributed by atoms with Crippen LogP contribution in [0.4, 0.5) is 0 Å². The van der Waals surface area contributed by atoms with E-state index in [0.717, 1.165) is 12.8 Å². The second-order valence-electron chi connectivity index (χ2n) is 7.66. The molecule has 0 saturated carbocycles. The van der Waals surface area contributed by atoms with Crippen LogP contribution in [-0.2, 0) is 14.3 Å². The van der Waals surface area contributed by atoms with Gasteiger partial charge in [0.05, 0.1) is 19.1 Å². The van der Waals surface area contributed by atoms with Crippen molar-refractivity contribution in [3.05, 3.63) is 34.9 Å². The summed E-state index contributed by atoms with van der Waals surface area (Å²) in [6.45, 7) is 4.81. The van der Waals surface area contributed by atoms with Crippen molar-refractivity contribution in [1.82, 2.24) is 9.80 Å². The zero-order chi connectivity index (χ0) is 18.9. The summed E-state index contributed by atoms with van der Waals surface area (Å²) in [5, 5.41) is 0.606. The molecule has 1 spiro atoms. The van der Waals surface area contributed by atoms with E-state index < -0.39 is 0 Å². The Morgan fingerprint density at radius 3 is 2.26 bits per heavy atom. The standard InChI is InChI=1S/C20H25ClN2O4/c21-16-3-1-15(2-4-16)18(24)23-13-17(19(25)22-7-11-27-12-8-22)20(14-23)5-9-26-10-6-20/h1-4,17H,5-14H2/t17-/m0/s1. The van der Waals surface area contributed by atoms with Crippen molar-refractivity contribution in [2.45, 2.75) is 12.8 Å². The summed E-state index contributed by atoms with van der Waals surface area (Å²) in [5.74, 6) is -0.0443. The number of carbonyl (C=O) groups excluding carboxylic acids is 2. The molecule has 27 heavy (non-hydrogen) atoms. The first-order valence-electron chi connectivity index (χ1n) is 9.58. The van der Waals surface area contributed by atoms with Gasteiger partial charge in [-0.3, -0.25) is 9.59 Å². The van der Waals surface area contributed by atoms with E-state index in [4.69, 9.17) is 21.1 Å². The molecular weight excluding hydrogens is 368 g/mol. The van der Waals surface area contributed by atoms with E-state index in [1.165, 1.54) is 0 Å². The van der Waals surface area contributed by atoms with E-state index >= 15 is 0 Å². The summed E-state index contributed by atoms with van der Waals surface area (Å²) in [5.41, 5.74) is 0.427. The summed E-state index contributed by atoms with van der Waals surface area (Å²) in [6, 6.07) is 6.95. The van der Waals surface area contributed by atoms with Crippen LogP contribution in [0.15, 0.2) is 24.3 Å². The van der Waals surface area contributed by atoms with Crippen molar-refractivity contribution in [3.8, 4) is 0 Å². The quantitative estimate of drug-likeness (QED) is 0.773. The van der Waals surface area contributed by atoms with Crippen molar-refractivity contribution in [1.29, 1.82) is 0 Å². The Morgan fingerprint density at radius 1 is 0.963 bits per heavy atom. The highest BCUT2D eigenvalue weighted by atomic mass is 35.5. The van der Waals surface area contributed by atoms with Crippen LogP contribution < -0.4 is 0 Å². The lowest BCUT2D eigenvalue weighted by molar-refractivity contribution is -0.144. The fourth-order valence-corrected chi connectivity index (χ4v) is 4.65. The summed E-state index contributed by atoms with van der Waals surface area (Å²) in [7, 11) is 0. The Hall–Kier alpha value is -1.63. The number of likely N-dealkylation sites (tertiary alicyclic amines) is 1. The number of hydrogen-bond acceptors (Lipinski definition) is 4. The van der Waals surface area contributed by atoms with Gasteiger partial charge >= 0.3 is 0 Å². The van der Waals surface area contributed by atoms with Crippen molar-refractivity contribution < 1.29 is 19.1 Å². The zero-order valence-corrected chi connectivity index (χ0v) is 16.1. The van der Waals surface area contributed by atoms with Gasteiger partial charge in [-0.1, -0.05) is 11.6 Å². The molecule has 1 aromatic carbocycles. The molecule has 3 aliphatic heterocycles. The minimum absolute atomic E-state index is 0.0326. The van der Waals surface area contributed by atoms with Gasteiger partial charge in [-0.05, 0) is 37.1 Å². The number of ether oxygens (including phenoxy) is 2. The second-order valence-corrected chi connectivity index (χ2v) is 8.09. The first-order valence-corrected chi connectivity index (χ1v) is 9.96. The van der Waals surface area contributed by atoms with Crippen LogP contribution in [0, 0.1) is 11.3 Å². The van der Waals surface area contributed by atoms with Gasteiger partial charge in [-0.2, -0.15) is 0 Å². The topological polar surface area (TPSA) is 59.1 Å². The monoisotopic (exact) mass is 392 g/mol. The highest BCUT2D eigenvalue weighted by Gasteiger charge is 2.52. The normalized spacial score (nSPS) is 25.0. The maximum Gasteiger partial charge on any atom is 0.253 e. The first kappa shape index (κ1) is 18.7. The van der Waals surface area contributed by atoms with E-state index in [9.17, 15) is 9.59 Å². The van der Waals surface area contributed by atoms with E-state index in [-0.39, 0.29) is 23.1 Å². The number of hydrogen-bond donors (Lipinski definition) is 0. The van der Waals surface area contributed by atoms with Crippen LogP contribution in [0.2, 0.25) is 5.02 Å².